The van der Waals surface area contributed by atoms with Crippen LogP contribution in [0.15, 0.2) is 16.6 Å². The fourth-order valence-corrected chi connectivity index (χ4v) is 1.83. The van der Waals surface area contributed by atoms with Gasteiger partial charge in [0, 0.05) is 17.0 Å². The second-order valence-corrected chi connectivity index (χ2v) is 4.33. The summed E-state index contributed by atoms with van der Waals surface area (Å²) in [4.78, 5) is 10.3. The first-order valence-corrected chi connectivity index (χ1v) is 5.53. The summed E-state index contributed by atoms with van der Waals surface area (Å²) in [6, 6.07) is 3.11. The maximum Gasteiger partial charge on any atom is 0.303 e. The van der Waals surface area contributed by atoms with E-state index in [9.17, 15) is 9.18 Å². The Labute approximate surface area is 100 Å². The molecule has 0 spiro atoms. The third-order valence-electron chi connectivity index (χ3n) is 1.96. The number of hydrogen-bond donors (Lipinski definition) is 1. The molecule has 15 heavy (non-hydrogen) atoms. The van der Waals surface area contributed by atoms with Crippen LogP contribution in [0.2, 0.25) is 5.02 Å². The molecule has 0 amide bonds. The standard InChI is InChI=1S/C10H9BrClFO2/c11-7-4-5-8(12)6(10(7)13)2-1-3-9(14)15/h4-5H,1-3H2,(H,14,15). The molecule has 2 nitrogen and oxygen atoms in total. The lowest BCUT2D eigenvalue weighted by Crippen LogP contribution is -1.98. The highest BCUT2D eigenvalue weighted by atomic mass is 79.9. The van der Waals surface area contributed by atoms with Crippen LogP contribution in [0.3, 0.4) is 0 Å². The van der Waals surface area contributed by atoms with Crippen LogP contribution in [0.4, 0.5) is 4.39 Å². The molecule has 0 aliphatic heterocycles. The van der Waals surface area contributed by atoms with Crippen LogP contribution in [0, 0.1) is 5.82 Å². The molecule has 0 heterocycles. The molecule has 0 radical (unpaired) electrons. The van der Waals surface area contributed by atoms with Crippen molar-refractivity contribution in [3.8, 4) is 0 Å². The molecule has 0 bridgehead atoms. The van der Waals surface area contributed by atoms with E-state index in [1.165, 1.54) is 6.07 Å². The molecule has 1 aromatic rings. The average Bonchev–Trinajstić information content (AvgIpc) is 2.17. The monoisotopic (exact) mass is 294 g/mol. The number of carboxylic acids is 1. The number of carboxylic acid groups (broad SMARTS) is 1. The fourth-order valence-electron chi connectivity index (χ4n) is 1.21. The zero-order chi connectivity index (χ0) is 11.4. The van der Waals surface area contributed by atoms with Gasteiger partial charge in [-0.15, -0.1) is 0 Å². The minimum atomic E-state index is -0.887. The summed E-state index contributed by atoms with van der Waals surface area (Å²) < 4.78 is 13.9. The topological polar surface area (TPSA) is 37.3 Å². The molecule has 0 atom stereocenters. The minimum Gasteiger partial charge on any atom is -0.481 e. The number of halogens is 3. The first-order chi connectivity index (χ1) is 7.02. The zero-order valence-corrected chi connectivity index (χ0v) is 10.1. The molecule has 0 fully saturated rings. The van der Waals surface area contributed by atoms with Gasteiger partial charge < -0.3 is 5.11 Å². The van der Waals surface area contributed by atoms with Gasteiger partial charge in [-0.05, 0) is 40.9 Å². The van der Waals surface area contributed by atoms with Gasteiger partial charge >= 0.3 is 5.97 Å². The quantitative estimate of drug-likeness (QED) is 0.861. The molecule has 5 heteroatoms. The van der Waals surface area contributed by atoms with Crippen molar-refractivity contribution in [1.29, 1.82) is 0 Å². The van der Waals surface area contributed by atoms with Gasteiger partial charge in [0.15, 0.2) is 0 Å². The highest BCUT2D eigenvalue weighted by Gasteiger charge is 2.11. The molecule has 82 valence electrons. The molecule has 1 N–H and O–H groups in total. The maximum absolute atomic E-state index is 13.5. The second kappa shape index (κ2) is 5.47. The normalized spacial score (nSPS) is 10.3. The predicted octanol–water partition coefficient (Wildman–Crippen LogP) is 3.65. The number of benzene rings is 1. The smallest absolute Gasteiger partial charge is 0.303 e. The van der Waals surface area contributed by atoms with Crippen LogP contribution in [0.5, 0.6) is 0 Å². The number of rotatable bonds is 4. The largest absolute Gasteiger partial charge is 0.481 e. The third kappa shape index (κ3) is 3.47. The minimum absolute atomic E-state index is 0.0162. The molecule has 1 rings (SSSR count). The fraction of sp³-hybridized carbons (Fsp3) is 0.300. The van der Waals surface area contributed by atoms with Crippen molar-refractivity contribution in [2.45, 2.75) is 19.3 Å². The van der Waals surface area contributed by atoms with Crippen LogP contribution in [0.1, 0.15) is 18.4 Å². The van der Waals surface area contributed by atoms with Gasteiger partial charge in [0.1, 0.15) is 5.82 Å². The van der Waals surface area contributed by atoms with E-state index in [0.717, 1.165) is 0 Å². The van der Waals surface area contributed by atoms with Crippen molar-refractivity contribution in [3.05, 3.63) is 33.0 Å². The van der Waals surface area contributed by atoms with Crippen LogP contribution >= 0.6 is 27.5 Å². The first kappa shape index (κ1) is 12.5. The van der Waals surface area contributed by atoms with Gasteiger partial charge in [-0.2, -0.15) is 0 Å². The van der Waals surface area contributed by atoms with E-state index in [2.05, 4.69) is 15.9 Å². The van der Waals surface area contributed by atoms with E-state index in [1.807, 2.05) is 0 Å². The van der Waals surface area contributed by atoms with E-state index in [0.29, 0.717) is 27.9 Å². The summed E-state index contributed by atoms with van der Waals surface area (Å²) in [5.74, 6) is -1.30. The predicted molar refractivity (Wildman–Crippen MR) is 59.7 cm³/mol. The number of aliphatic carboxylic acids is 1. The van der Waals surface area contributed by atoms with E-state index >= 15 is 0 Å². The zero-order valence-electron chi connectivity index (χ0n) is 7.77. The molecule has 0 saturated heterocycles. The Balaban J connectivity index is 2.75. The number of hydrogen-bond acceptors (Lipinski definition) is 1. The first-order valence-electron chi connectivity index (χ1n) is 4.36. The lowest BCUT2D eigenvalue weighted by Gasteiger charge is -2.06. The Morgan fingerprint density at radius 2 is 2.20 bits per heavy atom. The summed E-state index contributed by atoms with van der Waals surface area (Å²) in [7, 11) is 0. The molecule has 1 aromatic carbocycles. The summed E-state index contributed by atoms with van der Waals surface area (Å²) in [6.07, 6.45) is 0.723. The molecule has 0 saturated carbocycles. The van der Waals surface area contributed by atoms with E-state index in [4.69, 9.17) is 16.7 Å². The van der Waals surface area contributed by atoms with Crippen LogP contribution < -0.4 is 0 Å². The van der Waals surface area contributed by atoms with Gasteiger partial charge in [-0.1, -0.05) is 11.6 Å². The SMILES string of the molecule is O=C(O)CCCc1c(Cl)ccc(Br)c1F. The third-order valence-corrected chi connectivity index (χ3v) is 2.92. The summed E-state index contributed by atoms with van der Waals surface area (Å²) >= 11 is 8.86. The number of carbonyl (C=O) groups is 1. The average molecular weight is 296 g/mol. The highest BCUT2D eigenvalue weighted by molar-refractivity contribution is 9.10. The summed E-state index contributed by atoms with van der Waals surface area (Å²) in [5.41, 5.74) is 0.368. The molecule has 0 unspecified atom stereocenters. The van der Waals surface area contributed by atoms with E-state index < -0.39 is 11.8 Å². The maximum atomic E-state index is 13.5. The Hall–Kier alpha value is -0.610. The van der Waals surface area contributed by atoms with Gasteiger partial charge in [-0.25, -0.2) is 4.39 Å². The molecule has 0 aliphatic rings. The van der Waals surface area contributed by atoms with Crippen molar-refractivity contribution in [3.63, 3.8) is 0 Å². The molecule has 0 aliphatic carbocycles. The molecule has 0 aromatic heterocycles. The van der Waals surface area contributed by atoms with Gasteiger partial charge in [0.05, 0.1) is 4.47 Å². The Morgan fingerprint density at radius 3 is 2.80 bits per heavy atom. The van der Waals surface area contributed by atoms with Crippen molar-refractivity contribution < 1.29 is 14.3 Å². The van der Waals surface area contributed by atoms with Gasteiger partial charge in [0.2, 0.25) is 0 Å². The van der Waals surface area contributed by atoms with E-state index in [1.54, 1.807) is 6.07 Å². The van der Waals surface area contributed by atoms with Crippen molar-refractivity contribution in [2.75, 3.05) is 0 Å². The Kier molecular flexibility index (Phi) is 4.54. The van der Waals surface area contributed by atoms with Crippen LogP contribution in [-0.4, -0.2) is 11.1 Å². The van der Waals surface area contributed by atoms with Crippen molar-refractivity contribution in [2.24, 2.45) is 0 Å². The van der Waals surface area contributed by atoms with Crippen molar-refractivity contribution in [1.82, 2.24) is 0 Å². The molecular weight excluding hydrogens is 286 g/mol. The summed E-state index contributed by atoms with van der Waals surface area (Å²) in [5, 5.41) is 8.78. The highest BCUT2D eigenvalue weighted by Crippen LogP contribution is 2.27. The second-order valence-electron chi connectivity index (χ2n) is 3.07. The molecular formula is C10H9BrClFO2. The van der Waals surface area contributed by atoms with Gasteiger partial charge in [-0.3, -0.25) is 4.79 Å². The van der Waals surface area contributed by atoms with E-state index in [-0.39, 0.29) is 6.42 Å². The van der Waals surface area contributed by atoms with Crippen molar-refractivity contribution >= 4 is 33.5 Å². The Bertz CT molecular complexity index is 382. The summed E-state index contributed by atoms with van der Waals surface area (Å²) in [6.45, 7) is 0. The van der Waals surface area contributed by atoms with Crippen LogP contribution in [-0.2, 0) is 11.2 Å². The van der Waals surface area contributed by atoms with Crippen LogP contribution in [0.25, 0.3) is 0 Å². The lowest BCUT2D eigenvalue weighted by atomic mass is 10.1. The lowest BCUT2D eigenvalue weighted by molar-refractivity contribution is -0.137. The van der Waals surface area contributed by atoms with Gasteiger partial charge in [0.25, 0.3) is 0 Å². The Morgan fingerprint density at radius 1 is 1.53 bits per heavy atom.